The fourth-order valence-corrected chi connectivity index (χ4v) is 2.90. The number of aliphatic imine (C=N–C) groups is 1. The van der Waals surface area contributed by atoms with Crippen LogP contribution in [0.2, 0.25) is 0 Å². The van der Waals surface area contributed by atoms with Crippen LogP contribution in [-0.4, -0.2) is 23.7 Å². The zero-order chi connectivity index (χ0) is 17.6. The Bertz CT molecular complexity index is 845. The molecule has 1 amide bonds. The van der Waals surface area contributed by atoms with Gasteiger partial charge in [-0.25, -0.2) is 4.99 Å². The van der Waals surface area contributed by atoms with Crippen molar-refractivity contribution in [3.05, 3.63) is 65.1 Å². The highest BCUT2D eigenvalue weighted by Gasteiger charge is 2.23. The molecule has 2 aromatic carbocycles. The fourth-order valence-electron chi connectivity index (χ4n) is 2.05. The van der Waals surface area contributed by atoms with Crippen LogP contribution in [0.1, 0.15) is 5.56 Å². The van der Waals surface area contributed by atoms with Crippen molar-refractivity contribution in [1.82, 2.24) is 5.32 Å². The fraction of sp³-hybridized carbons (Fsp3) is 0.0556. The van der Waals surface area contributed by atoms with Gasteiger partial charge in [-0.1, -0.05) is 30.3 Å². The van der Waals surface area contributed by atoms with Gasteiger partial charge in [-0.2, -0.15) is 0 Å². The van der Waals surface area contributed by atoms with Crippen LogP contribution in [0.15, 0.2) is 64.5 Å². The molecule has 0 unspecified atom stereocenters. The number of carbonyl (C=O) groups excluding carboxylic acids is 2. The maximum absolute atomic E-state index is 12.0. The van der Waals surface area contributed by atoms with Crippen molar-refractivity contribution < 1.29 is 19.4 Å². The van der Waals surface area contributed by atoms with Crippen LogP contribution in [-0.2, 0) is 9.59 Å². The highest BCUT2D eigenvalue weighted by molar-refractivity contribution is 8.18. The maximum Gasteiger partial charge on any atom is 0.264 e. The lowest BCUT2D eigenvalue weighted by Crippen LogP contribution is -2.28. The Hall–Kier alpha value is -3.06. The average molecular weight is 353 g/mol. The van der Waals surface area contributed by atoms with Crippen molar-refractivity contribution in [2.24, 2.45) is 4.99 Å². The third-order valence-electron chi connectivity index (χ3n) is 3.17. The molecule has 3 rings (SSSR count). The molecule has 1 saturated heterocycles. The molecule has 126 valence electrons. The number of amides is 1. The lowest BCUT2D eigenvalue weighted by Gasteiger charge is -2.06. The van der Waals surface area contributed by atoms with Gasteiger partial charge in [-0.15, -0.1) is 0 Å². The van der Waals surface area contributed by atoms with Gasteiger partial charge >= 0.3 is 0 Å². The van der Waals surface area contributed by atoms with E-state index in [9.17, 15) is 14.7 Å². The van der Waals surface area contributed by atoms with Gasteiger partial charge in [0.25, 0.3) is 5.91 Å². The predicted molar refractivity (Wildman–Crippen MR) is 94.2 cm³/mol. The number of nitrogens with one attached hydrogen (secondary N) is 1. The molecule has 2 aromatic rings. The van der Waals surface area contributed by atoms with E-state index in [4.69, 9.17) is 4.74 Å². The van der Waals surface area contributed by atoms with Crippen LogP contribution in [0.5, 0.6) is 5.75 Å². The van der Waals surface area contributed by atoms with Crippen molar-refractivity contribution in [2.75, 3.05) is 6.61 Å². The number of carboxylic acids is 1. The smallest absolute Gasteiger partial charge is 0.264 e. The van der Waals surface area contributed by atoms with Crippen LogP contribution in [0, 0.1) is 0 Å². The van der Waals surface area contributed by atoms with Crippen LogP contribution in [0.3, 0.4) is 0 Å². The van der Waals surface area contributed by atoms with Gasteiger partial charge in [0.2, 0.25) is 0 Å². The zero-order valence-corrected chi connectivity index (χ0v) is 13.8. The summed E-state index contributed by atoms with van der Waals surface area (Å²) in [6, 6.07) is 16.1. The second kappa shape index (κ2) is 7.67. The van der Waals surface area contributed by atoms with Gasteiger partial charge in [0.05, 0.1) is 16.6 Å². The lowest BCUT2D eigenvalue weighted by molar-refractivity contribution is -0.307. The number of ether oxygens (including phenoxy) is 1. The second-order valence-corrected chi connectivity index (χ2v) is 6.08. The van der Waals surface area contributed by atoms with Gasteiger partial charge in [-0.3, -0.25) is 4.79 Å². The molecule has 0 atom stereocenters. The molecule has 1 heterocycles. The topological polar surface area (TPSA) is 90.8 Å². The number of benzene rings is 2. The van der Waals surface area contributed by atoms with E-state index in [-0.39, 0.29) is 5.91 Å². The molecule has 6 nitrogen and oxygen atoms in total. The number of para-hydroxylation sites is 1. The number of nitrogens with zero attached hydrogens (tertiary/aromatic N) is 1. The molecular formula is C18H13N2O4S-. The Morgan fingerprint density at radius 1 is 1.16 bits per heavy atom. The Morgan fingerprint density at radius 2 is 1.88 bits per heavy atom. The molecule has 0 saturated carbocycles. The SMILES string of the molecule is O=C([O-])COc1ccc(/C=C2\SC(=Nc3ccccc3)NC2=O)cc1. The molecule has 7 heteroatoms. The number of hydrogen-bond acceptors (Lipinski definition) is 6. The van der Waals surface area contributed by atoms with Gasteiger partial charge in [-0.05, 0) is 47.7 Å². The Labute approximate surface area is 148 Å². The molecule has 25 heavy (non-hydrogen) atoms. The Balaban J connectivity index is 1.70. The second-order valence-electron chi connectivity index (χ2n) is 5.05. The van der Waals surface area contributed by atoms with Crippen molar-refractivity contribution >= 4 is 40.6 Å². The van der Waals surface area contributed by atoms with Crippen LogP contribution in [0.25, 0.3) is 6.08 Å². The lowest BCUT2D eigenvalue weighted by atomic mass is 10.2. The van der Waals surface area contributed by atoms with Gasteiger partial charge < -0.3 is 20.0 Å². The molecule has 0 radical (unpaired) electrons. The number of carbonyl (C=O) groups is 2. The number of rotatable bonds is 5. The van der Waals surface area contributed by atoms with Gasteiger partial charge in [0, 0.05) is 0 Å². The van der Waals surface area contributed by atoms with E-state index in [2.05, 4.69) is 10.3 Å². The van der Waals surface area contributed by atoms with Gasteiger partial charge in [0.1, 0.15) is 12.4 Å². The summed E-state index contributed by atoms with van der Waals surface area (Å²) >= 11 is 1.26. The molecule has 0 bridgehead atoms. The normalized spacial score (nSPS) is 16.9. The Morgan fingerprint density at radius 3 is 2.56 bits per heavy atom. The molecule has 1 N–H and O–H groups in total. The first-order chi connectivity index (χ1) is 12.1. The minimum absolute atomic E-state index is 0.211. The monoisotopic (exact) mass is 353 g/mol. The summed E-state index contributed by atoms with van der Waals surface area (Å²) in [6.45, 7) is -0.502. The highest BCUT2D eigenvalue weighted by atomic mass is 32.2. The molecule has 0 aliphatic carbocycles. The molecule has 0 spiro atoms. The van der Waals surface area contributed by atoms with E-state index in [1.807, 2.05) is 30.3 Å². The minimum atomic E-state index is -1.28. The first-order valence-electron chi connectivity index (χ1n) is 7.37. The number of hydrogen-bond donors (Lipinski definition) is 1. The average Bonchev–Trinajstić information content (AvgIpc) is 2.94. The van der Waals surface area contributed by atoms with E-state index < -0.39 is 12.6 Å². The summed E-state index contributed by atoms with van der Waals surface area (Å²) in [6.07, 6.45) is 1.73. The minimum Gasteiger partial charge on any atom is -0.546 e. The largest absolute Gasteiger partial charge is 0.546 e. The predicted octanol–water partition coefficient (Wildman–Crippen LogP) is 1.71. The standard InChI is InChI=1S/C18H14N2O4S/c21-16(22)11-24-14-8-6-12(7-9-14)10-15-17(23)20-18(25-15)19-13-4-2-1-3-5-13/h1-10H,11H2,(H,21,22)(H,19,20,23)/p-1/b15-10-. The number of aliphatic carboxylic acids is 1. The van der Waals surface area contributed by atoms with Crippen LogP contribution < -0.4 is 15.2 Å². The van der Waals surface area contributed by atoms with E-state index in [0.29, 0.717) is 15.8 Å². The molecular weight excluding hydrogens is 340 g/mol. The van der Waals surface area contributed by atoms with Crippen LogP contribution >= 0.6 is 11.8 Å². The van der Waals surface area contributed by atoms with Crippen LogP contribution in [0.4, 0.5) is 5.69 Å². The zero-order valence-electron chi connectivity index (χ0n) is 13.0. The number of thioether (sulfide) groups is 1. The molecule has 1 aliphatic rings. The van der Waals surface area contributed by atoms with Crippen molar-refractivity contribution in [2.45, 2.75) is 0 Å². The highest BCUT2D eigenvalue weighted by Crippen LogP contribution is 2.28. The van der Waals surface area contributed by atoms with Crippen molar-refractivity contribution in [1.29, 1.82) is 0 Å². The number of carboxylic acid groups (broad SMARTS) is 1. The summed E-state index contributed by atoms with van der Waals surface area (Å²) in [7, 11) is 0. The van der Waals surface area contributed by atoms with E-state index in [1.165, 1.54) is 11.8 Å². The van der Waals surface area contributed by atoms with E-state index >= 15 is 0 Å². The Kier molecular flexibility index (Phi) is 5.15. The molecule has 0 aromatic heterocycles. The molecule has 1 aliphatic heterocycles. The first-order valence-corrected chi connectivity index (χ1v) is 8.19. The first kappa shape index (κ1) is 16.8. The van der Waals surface area contributed by atoms with E-state index in [1.54, 1.807) is 30.3 Å². The van der Waals surface area contributed by atoms with Gasteiger partial charge in [0.15, 0.2) is 5.17 Å². The number of amidine groups is 1. The third kappa shape index (κ3) is 4.71. The summed E-state index contributed by atoms with van der Waals surface area (Å²) in [5.41, 5.74) is 1.56. The summed E-state index contributed by atoms with van der Waals surface area (Å²) < 4.78 is 5.01. The quantitative estimate of drug-likeness (QED) is 0.827. The molecule has 1 fully saturated rings. The third-order valence-corrected chi connectivity index (χ3v) is 4.08. The van der Waals surface area contributed by atoms with Crippen molar-refractivity contribution in [3.8, 4) is 5.75 Å². The van der Waals surface area contributed by atoms with Crippen molar-refractivity contribution in [3.63, 3.8) is 0 Å². The summed E-state index contributed by atoms with van der Waals surface area (Å²) in [5, 5.41) is 13.6. The van der Waals surface area contributed by atoms with E-state index in [0.717, 1.165) is 11.3 Å². The summed E-state index contributed by atoms with van der Waals surface area (Å²) in [5.74, 6) is -1.08. The maximum atomic E-state index is 12.0. The summed E-state index contributed by atoms with van der Waals surface area (Å²) in [4.78, 5) is 27.3.